The van der Waals surface area contributed by atoms with Crippen molar-refractivity contribution in [3.05, 3.63) is 76.1 Å². The van der Waals surface area contributed by atoms with Gasteiger partial charge >= 0.3 is 11.9 Å². The summed E-state index contributed by atoms with van der Waals surface area (Å²) in [5.74, 6) is -2.13. The van der Waals surface area contributed by atoms with Gasteiger partial charge in [-0.05, 0) is 43.7 Å². The number of esters is 1. The number of carbonyl (C=O) groups is 3. The lowest BCUT2D eigenvalue weighted by molar-refractivity contribution is -0.132. The highest BCUT2D eigenvalue weighted by molar-refractivity contribution is 7.17. The average Bonchev–Trinajstić information content (AvgIpc) is 3.36. The number of ether oxygens (including phenoxy) is 2. The molecule has 1 N–H and O–H groups in total. The van der Waals surface area contributed by atoms with Crippen LogP contribution in [0.2, 0.25) is 0 Å². The largest absolute Gasteiger partial charge is 0.507 e. The van der Waals surface area contributed by atoms with Crippen molar-refractivity contribution < 1.29 is 29.0 Å². The van der Waals surface area contributed by atoms with Crippen molar-refractivity contribution in [3.63, 3.8) is 0 Å². The van der Waals surface area contributed by atoms with E-state index in [0.29, 0.717) is 22.6 Å². The van der Waals surface area contributed by atoms with Crippen LogP contribution >= 0.6 is 11.3 Å². The third kappa shape index (κ3) is 4.03. The Kier molecular flexibility index (Phi) is 6.42. The number of anilines is 1. The summed E-state index contributed by atoms with van der Waals surface area (Å²) >= 11 is 0.950. The summed E-state index contributed by atoms with van der Waals surface area (Å²) < 4.78 is 10.4. The minimum atomic E-state index is -0.996. The third-order valence-corrected chi connectivity index (χ3v) is 6.40. The van der Waals surface area contributed by atoms with Gasteiger partial charge in [0, 0.05) is 18.0 Å². The molecule has 174 valence electrons. The highest BCUT2D eigenvalue weighted by Gasteiger charge is 2.48. The SMILES string of the molecule is CCOC(=O)c1sc(N2C(=O)C(=O)/C(=C(/O)c3ccncc3)C2c2cccc(OC)c2)nc1C. The highest BCUT2D eigenvalue weighted by atomic mass is 32.1. The number of carbonyl (C=O) groups excluding carboxylic acids is 3. The zero-order chi connectivity index (χ0) is 24.4. The summed E-state index contributed by atoms with van der Waals surface area (Å²) in [4.78, 5) is 48.5. The van der Waals surface area contributed by atoms with Crippen molar-refractivity contribution in [3.8, 4) is 5.75 Å². The predicted octanol–water partition coefficient (Wildman–Crippen LogP) is 3.66. The molecule has 34 heavy (non-hydrogen) atoms. The Morgan fingerprint density at radius 1 is 1.21 bits per heavy atom. The molecule has 0 saturated carbocycles. The van der Waals surface area contributed by atoms with Gasteiger partial charge in [0.15, 0.2) is 5.13 Å². The zero-order valence-corrected chi connectivity index (χ0v) is 19.5. The Labute approximate surface area is 199 Å². The summed E-state index contributed by atoms with van der Waals surface area (Å²) in [5, 5.41) is 11.2. The number of aromatic nitrogens is 2. The summed E-state index contributed by atoms with van der Waals surface area (Å²) in [5.41, 5.74) is 1.14. The van der Waals surface area contributed by atoms with E-state index in [1.165, 1.54) is 36.5 Å². The summed E-state index contributed by atoms with van der Waals surface area (Å²) in [6.45, 7) is 3.50. The standard InChI is InChI=1S/C24H21N3O6S/c1-4-33-23(31)21-13(2)26-24(34-21)27-18(15-6-5-7-16(12-15)32-3)17(20(29)22(27)30)19(28)14-8-10-25-11-9-14/h5-12,18,28H,4H2,1-3H3/b19-17+. The fraction of sp³-hybridized carbons (Fsp3) is 0.208. The van der Waals surface area contributed by atoms with Gasteiger partial charge in [0.1, 0.15) is 16.4 Å². The fourth-order valence-electron chi connectivity index (χ4n) is 3.69. The molecule has 1 aromatic carbocycles. The van der Waals surface area contributed by atoms with E-state index in [1.807, 2.05) is 0 Å². The van der Waals surface area contributed by atoms with Crippen LogP contribution in [0.5, 0.6) is 5.75 Å². The molecule has 1 fully saturated rings. The number of methoxy groups -OCH3 is 1. The number of benzene rings is 1. The van der Waals surface area contributed by atoms with Gasteiger partial charge in [-0.15, -0.1) is 0 Å². The molecule has 9 nitrogen and oxygen atoms in total. The van der Waals surface area contributed by atoms with Gasteiger partial charge in [0.05, 0.1) is 31.0 Å². The Morgan fingerprint density at radius 3 is 2.62 bits per heavy atom. The lowest BCUT2D eigenvalue weighted by atomic mass is 9.95. The van der Waals surface area contributed by atoms with Gasteiger partial charge in [0.2, 0.25) is 0 Å². The van der Waals surface area contributed by atoms with Crippen LogP contribution in [-0.2, 0) is 14.3 Å². The summed E-state index contributed by atoms with van der Waals surface area (Å²) in [6, 6.07) is 8.93. The van der Waals surface area contributed by atoms with E-state index in [4.69, 9.17) is 9.47 Å². The van der Waals surface area contributed by atoms with Crippen LogP contribution in [-0.4, -0.2) is 46.5 Å². The van der Waals surface area contributed by atoms with E-state index in [9.17, 15) is 19.5 Å². The van der Waals surface area contributed by atoms with Crippen LogP contribution < -0.4 is 9.64 Å². The minimum absolute atomic E-state index is 0.102. The van der Waals surface area contributed by atoms with Crippen molar-refractivity contribution >= 4 is 39.9 Å². The highest BCUT2D eigenvalue weighted by Crippen LogP contribution is 2.44. The molecule has 3 heterocycles. The van der Waals surface area contributed by atoms with E-state index in [1.54, 1.807) is 38.1 Å². The topological polar surface area (TPSA) is 119 Å². The first kappa shape index (κ1) is 23.1. The van der Waals surface area contributed by atoms with E-state index in [2.05, 4.69) is 9.97 Å². The number of aliphatic hydroxyl groups excluding tert-OH is 1. The van der Waals surface area contributed by atoms with Crippen LogP contribution in [0.3, 0.4) is 0 Å². The van der Waals surface area contributed by atoms with Gasteiger partial charge in [-0.3, -0.25) is 19.5 Å². The number of rotatable bonds is 6. The lowest BCUT2D eigenvalue weighted by Crippen LogP contribution is -2.29. The average molecular weight is 480 g/mol. The summed E-state index contributed by atoms with van der Waals surface area (Å²) in [7, 11) is 1.50. The number of thiazole rings is 1. The molecular formula is C24H21N3O6S. The smallest absolute Gasteiger partial charge is 0.350 e. The second-order valence-electron chi connectivity index (χ2n) is 7.31. The molecule has 10 heteroatoms. The van der Waals surface area contributed by atoms with Crippen molar-refractivity contribution in [1.82, 2.24) is 9.97 Å². The molecule has 2 aromatic heterocycles. The van der Waals surface area contributed by atoms with Gasteiger partial charge in [-0.25, -0.2) is 9.78 Å². The molecule has 0 aliphatic carbocycles. The van der Waals surface area contributed by atoms with Crippen molar-refractivity contribution in [2.75, 3.05) is 18.6 Å². The number of hydrogen-bond donors (Lipinski definition) is 1. The number of hydrogen-bond acceptors (Lipinski definition) is 9. The van der Waals surface area contributed by atoms with E-state index in [-0.39, 0.29) is 27.9 Å². The maximum atomic E-state index is 13.2. The van der Waals surface area contributed by atoms with Crippen molar-refractivity contribution in [2.45, 2.75) is 19.9 Å². The molecule has 4 rings (SSSR count). The lowest BCUT2D eigenvalue weighted by Gasteiger charge is -2.23. The first-order valence-corrected chi connectivity index (χ1v) is 11.2. The summed E-state index contributed by atoms with van der Waals surface area (Å²) in [6.07, 6.45) is 2.95. The Bertz CT molecular complexity index is 1300. The number of pyridine rings is 1. The minimum Gasteiger partial charge on any atom is -0.507 e. The number of aliphatic hydroxyl groups is 1. The first-order chi connectivity index (χ1) is 16.4. The predicted molar refractivity (Wildman–Crippen MR) is 125 cm³/mol. The molecule has 1 unspecified atom stereocenters. The monoisotopic (exact) mass is 479 g/mol. The van der Waals surface area contributed by atoms with Crippen LogP contribution in [0.1, 0.15) is 39.5 Å². The molecule has 1 saturated heterocycles. The van der Waals surface area contributed by atoms with Gasteiger partial charge < -0.3 is 14.6 Å². The quantitative estimate of drug-likeness (QED) is 0.246. The molecule has 1 aliphatic rings. The molecular weight excluding hydrogens is 458 g/mol. The second kappa shape index (κ2) is 9.44. The maximum Gasteiger partial charge on any atom is 0.350 e. The fourth-order valence-corrected chi connectivity index (χ4v) is 4.68. The Hall–Kier alpha value is -4.05. The van der Waals surface area contributed by atoms with E-state index >= 15 is 0 Å². The van der Waals surface area contributed by atoms with E-state index in [0.717, 1.165) is 11.3 Å². The van der Waals surface area contributed by atoms with Crippen molar-refractivity contribution in [2.24, 2.45) is 0 Å². The molecule has 1 amide bonds. The van der Waals surface area contributed by atoms with Crippen LogP contribution in [0.4, 0.5) is 5.13 Å². The molecule has 0 bridgehead atoms. The number of nitrogens with zero attached hydrogens (tertiary/aromatic N) is 3. The van der Waals surface area contributed by atoms with E-state index < -0.39 is 23.7 Å². The Balaban J connectivity index is 1.92. The van der Waals surface area contributed by atoms with Gasteiger partial charge in [-0.2, -0.15) is 0 Å². The van der Waals surface area contributed by atoms with Gasteiger partial charge in [-0.1, -0.05) is 23.5 Å². The first-order valence-electron chi connectivity index (χ1n) is 10.4. The molecule has 0 radical (unpaired) electrons. The second-order valence-corrected chi connectivity index (χ2v) is 8.29. The number of aryl methyl sites for hydroxylation is 1. The molecule has 1 aliphatic heterocycles. The zero-order valence-electron chi connectivity index (χ0n) is 18.6. The Morgan fingerprint density at radius 2 is 1.94 bits per heavy atom. The van der Waals surface area contributed by atoms with Crippen LogP contribution in [0, 0.1) is 6.92 Å². The van der Waals surface area contributed by atoms with Crippen LogP contribution in [0.15, 0.2) is 54.4 Å². The van der Waals surface area contributed by atoms with Crippen LogP contribution in [0.25, 0.3) is 5.76 Å². The number of ketones is 1. The molecule has 1 atom stereocenters. The number of Topliss-reactive ketones (excluding diaryl/α,β-unsaturated/α-hetero) is 1. The molecule has 3 aromatic rings. The third-order valence-electron chi connectivity index (χ3n) is 5.26. The molecule has 0 spiro atoms. The normalized spacial score (nSPS) is 17.1. The van der Waals surface area contributed by atoms with Crippen molar-refractivity contribution in [1.29, 1.82) is 0 Å². The maximum absolute atomic E-state index is 13.2. The number of amides is 1. The van der Waals surface area contributed by atoms with Gasteiger partial charge in [0.25, 0.3) is 5.78 Å².